The highest BCUT2D eigenvalue weighted by molar-refractivity contribution is 5.29. The van der Waals surface area contributed by atoms with Gasteiger partial charge in [0, 0.05) is 0 Å². The maximum atomic E-state index is 6.05. The van der Waals surface area contributed by atoms with Gasteiger partial charge in [0.15, 0.2) is 0 Å². The number of hydrogen-bond acceptors (Lipinski definition) is 2. The predicted molar refractivity (Wildman–Crippen MR) is 97.0 cm³/mol. The van der Waals surface area contributed by atoms with Crippen molar-refractivity contribution in [1.82, 2.24) is 0 Å². The number of hydrogen-bond donors (Lipinski definition) is 0. The van der Waals surface area contributed by atoms with Crippen molar-refractivity contribution in [3.05, 3.63) is 71.3 Å². The summed E-state index contributed by atoms with van der Waals surface area (Å²) in [5, 5.41) is 0. The first-order valence-electron chi connectivity index (χ1n) is 8.66. The Labute approximate surface area is 145 Å². The van der Waals surface area contributed by atoms with E-state index in [2.05, 4.69) is 75.7 Å². The van der Waals surface area contributed by atoms with Crippen LogP contribution in [0.3, 0.4) is 0 Å². The van der Waals surface area contributed by atoms with Crippen molar-refractivity contribution in [3.8, 4) is 0 Å². The molecule has 1 aliphatic heterocycles. The number of quaternary nitrogens is 1. The summed E-state index contributed by atoms with van der Waals surface area (Å²) in [6, 6.07) is 19.3. The Bertz CT molecular complexity index is 623. The Hall–Kier alpha value is -1.68. The van der Waals surface area contributed by atoms with Crippen molar-refractivity contribution < 1.29 is 14.0 Å². The first-order chi connectivity index (χ1) is 11.5. The van der Waals surface area contributed by atoms with E-state index in [0.29, 0.717) is 13.2 Å². The number of ether oxygens (including phenoxy) is 2. The Balaban J connectivity index is 1.55. The van der Waals surface area contributed by atoms with Gasteiger partial charge in [-0.25, -0.2) is 0 Å². The van der Waals surface area contributed by atoms with Gasteiger partial charge in [-0.2, -0.15) is 0 Å². The zero-order valence-corrected chi connectivity index (χ0v) is 14.9. The molecular formula is C21H28NO2+. The molecule has 2 aromatic carbocycles. The first kappa shape index (κ1) is 17.2. The van der Waals surface area contributed by atoms with Crippen LogP contribution in [0.4, 0.5) is 0 Å². The minimum atomic E-state index is 0.0551. The van der Waals surface area contributed by atoms with E-state index in [4.69, 9.17) is 9.47 Å². The number of benzene rings is 2. The molecule has 1 fully saturated rings. The first-order valence-corrected chi connectivity index (χ1v) is 8.66. The zero-order valence-electron chi connectivity index (χ0n) is 14.9. The summed E-state index contributed by atoms with van der Waals surface area (Å²) in [6.07, 6.45) is 1.22. The second kappa shape index (κ2) is 7.47. The van der Waals surface area contributed by atoms with E-state index in [9.17, 15) is 0 Å². The maximum absolute atomic E-state index is 6.05. The van der Waals surface area contributed by atoms with E-state index in [-0.39, 0.29) is 12.2 Å². The Morgan fingerprint density at radius 2 is 1.50 bits per heavy atom. The van der Waals surface area contributed by atoms with E-state index >= 15 is 0 Å². The molecule has 0 N–H and O–H groups in total. The molecule has 0 bridgehead atoms. The molecule has 1 aliphatic rings. The quantitative estimate of drug-likeness (QED) is 0.784. The van der Waals surface area contributed by atoms with Crippen molar-refractivity contribution >= 4 is 0 Å². The summed E-state index contributed by atoms with van der Waals surface area (Å²) in [5.74, 6) is 0. The molecule has 3 heteroatoms. The largest absolute Gasteiger partial charge is 0.368 e. The normalized spacial score (nSPS) is 21.6. The predicted octanol–water partition coefficient (Wildman–Crippen LogP) is 3.44. The summed E-state index contributed by atoms with van der Waals surface area (Å²) >= 11 is 0. The summed E-state index contributed by atoms with van der Waals surface area (Å²) in [7, 11) is 6.54. The average molecular weight is 326 g/mol. The third-order valence-electron chi connectivity index (χ3n) is 4.32. The Morgan fingerprint density at radius 1 is 0.833 bits per heavy atom. The molecule has 128 valence electrons. The summed E-state index contributed by atoms with van der Waals surface area (Å²) in [6.45, 7) is 2.29. The van der Waals surface area contributed by atoms with Gasteiger partial charge in [0.25, 0.3) is 0 Å². The number of nitrogens with zero attached hydrogens (tertiary/aromatic N) is 1. The van der Waals surface area contributed by atoms with E-state index in [1.807, 2.05) is 0 Å². The molecule has 0 saturated carbocycles. The molecule has 1 saturated heterocycles. The lowest BCUT2D eigenvalue weighted by Gasteiger charge is -2.34. The standard InChI is InChI=1S/C21H28NO2/c1-22(2,3)14-20-15-24-21(16-23-20)19-11-9-18(10-12-19)13-17-7-5-4-6-8-17/h4-12,20-21H,13-16H2,1-3H3/q+1/t20-,21-/m1/s1. The molecule has 3 nitrogen and oxygen atoms in total. The molecule has 3 rings (SSSR count). The van der Waals surface area contributed by atoms with Gasteiger partial charge in [-0.05, 0) is 23.1 Å². The summed E-state index contributed by atoms with van der Waals surface area (Å²) < 4.78 is 12.9. The van der Waals surface area contributed by atoms with Gasteiger partial charge < -0.3 is 14.0 Å². The molecule has 0 unspecified atom stereocenters. The van der Waals surface area contributed by atoms with Gasteiger partial charge in [-0.3, -0.25) is 0 Å². The lowest BCUT2D eigenvalue weighted by atomic mass is 10.0. The third-order valence-corrected chi connectivity index (χ3v) is 4.32. The van der Waals surface area contributed by atoms with Crippen LogP contribution in [0.25, 0.3) is 0 Å². The minimum absolute atomic E-state index is 0.0551. The third kappa shape index (κ3) is 4.91. The molecular weight excluding hydrogens is 298 g/mol. The second-order valence-electron chi connectivity index (χ2n) is 7.65. The van der Waals surface area contributed by atoms with Gasteiger partial charge in [0.1, 0.15) is 18.8 Å². The highest BCUT2D eigenvalue weighted by Crippen LogP contribution is 2.24. The number of rotatable bonds is 5. The highest BCUT2D eigenvalue weighted by atomic mass is 16.6. The Kier molecular flexibility index (Phi) is 5.34. The smallest absolute Gasteiger partial charge is 0.130 e. The minimum Gasteiger partial charge on any atom is -0.368 e. The van der Waals surface area contributed by atoms with Crippen LogP contribution in [0.1, 0.15) is 22.8 Å². The highest BCUT2D eigenvalue weighted by Gasteiger charge is 2.27. The second-order valence-corrected chi connectivity index (χ2v) is 7.65. The van der Waals surface area contributed by atoms with E-state index in [1.54, 1.807) is 0 Å². The fourth-order valence-electron chi connectivity index (χ4n) is 3.13. The van der Waals surface area contributed by atoms with Gasteiger partial charge >= 0.3 is 0 Å². The Morgan fingerprint density at radius 3 is 2.08 bits per heavy atom. The van der Waals surface area contributed by atoms with Crippen LogP contribution in [0.15, 0.2) is 54.6 Å². The van der Waals surface area contributed by atoms with Crippen molar-refractivity contribution in [2.75, 3.05) is 40.9 Å². The van der Waals surface area contributed by atoms with Crippen LogP contribution in [0, 0.1) is 0 Å². The van der Waals surface area contributed by atoms with Crippen molar-refractivity contribution in [1.29, 1.82) is 0 Å². The summed E-state index contributed by atoms with van der Waals surface area (Å²) in [5.41, 5.74) is 3.87. The SMILES string of the molecule is C[N+](C)(C)C[C@@H]1CO[C@@H](c2ccc(Cc3ccccc3)cc2)CO1. The summed E-state index contributed by atoms with van der Waals surface area (Å²) in [4.78, 5) is 0. The molecule has 0 aliphatic carbocycles. The molecule has 0 amide bonds. The lowest BCUT2D eigenvalue weighted by Crippen LogP contribution is -2.46. The van der Waals surface area contributed by atoms with Gasteiger partial charge in [0.05, 0.1) is 34.4 Å². The fraction of sp³-hybridized carbons (Fsp3) is 0.429. The van der Waals surface area contributed by atoms with Gasteiger partial charge in [0.2, 0.25) is 0 Å². The average Bonchev–Trinajstić information content (AvgIpc) is 2.56. The van der Waals surface area contributed by atoms with E-state index in [1.165, 1.54) is 16.7 Å². The van der Waals surface area contributed by atoms with Crippen LogP contribution in [0.5, 0.6) is 0 Å². The van der Waals surface area contributed by atoms with E-state index < -0.39 is 0 Å². The van der Waals surface area contributed by atoms with Gasteiger partial charge in [-0.1, -0.05) is 54.6 Å². The van der Waals surface area contributed by atoms with Crippen molar-refractivity contribution in [2.45, 2.75) is 18.6 Å². The van der Waals surface area contributed by atoms with Crippen LogP contribution in [0.2, 0.25) is 0 Å². The monoisotopic (exact) mass is 326 g/mol. The van der Waals surface area contributed by atoms with Crippen LogP contribution >= 0.6 is 0 Å². The molecule has 2 aromatic rings. The topological polar surface area (TPSA) is 18.5 Å². The van der Waals surface area contributed by atoms with Crippen LogP contribution < -0.4 is 0 Å². The molecule has 1 heterocycles. The van der Waals surface area contributed by atoms with Crippen molar-refractivity contribution in [3.63, 3.8) is 0 Å². The number of likely N-dealkylation sites (N-methyl/N-ethyl adjacent to an activating group) is 1. The molecule has 24 heavy (non-hydrogen) atoms. The maximum Gasteiger partial charge on any atom is 0.130 e. The van der Waals surface area contributed by atoms with Gasteiger partial charge in [-0.15, -0.1) is 0 Å². The fourth-order valence-corrected chi connectivity index (χ4v) is 3.13. The van der Waals surface area contributed by atoms with Crippen molar-refractivity contribution in [2.24, 2.45) is 0 Å². The molecule has 0 radical (unpaired) electrons. The zero-order chi connectivity index (χ0) is 17.0. The molecule has 0 spiro atoms. The van der Waals surface area contributed by atoms with Crippen LogP contribution in [-0.4, -0.2) is 51.5 Å². The lowest BCUT2D eigenvalue weighted by molar-refractivity contribution is -0.874. The molecule has 2 atom stereocenters. The molecule has 0 aromatic heterocycles. The van der Waals surface area contributed by atoms with Crippen LogP contribution in [-0.2, 0) is 15.9 Å². The van der Waals surface area contributed by atoms with E-state index in [0.717, 1.165) is 17.4 Å².